The smallest absolute Gasteiger partial charge is 0.0368 e. The summed E-state index contributed by atoms with van der Waals surface area (Å²) in [5.74, 6) is 1.02. The lowest BCUT2D eigenvalue weighted by Gasteiger charge is -2.28. The van der Waals surface area contributed by atoms with E-state index in [-0.39, 0.29) is 0 Å². The predicted octanol–water partition coefficient (Wildman–Crippen LogP) is 3.53. The molecule has 0 aromatic heterocycles. The Hall–Kier alpha value is -0.630. The first-order valence-corrected chi connectivity index (χ1v) is 6.75. The van der Waals surface area contributed by atoms with E-state index in [1.54, 1.807) is 0 Å². The number of hydrogen-bond acceptors (Lipinski definition) is 2. The third-order valence-electron chi connectivity index (χ3n) is 3.57. The molecule has 0 spiro atoms. The molecule has 2 rings (SSSR count). The van der Waals surface area contributed by atoms with E-state index in [9.17, 15) is 0 Å². The highest BCUT2D eigenvalue weighted by Crippen LogP contribution is 2.47. The van der Waals surface area contributed by atoms with Crippen LogP contribution in [0.2, 0.25) is 0 Å². The van der Waals surface area contributed by atoms with Crippen LogP contribution in [0.5, 0.6) is 0 Å². The van der Waals surface area contributed by atoms with Crippen molar-refractivity contribution >= 4 is 18.3 Å². The van der Waals surface area contributed by atoms with Crippen molar-refractivity contribution in [3.63, 3.8) is 0 Å². The van der Waals surface area contributed by atoms with Gasteiger partial charge in [-0.15, -0.1) is 0 Å². The molecule has 0 N–H and O–H groups in total. The number of hydrogen-bond donors (Lipinski definition) is 1. The second-order valence-corrected chi connectivity index (χ2v) is 5.33. The average Bonchev–Trinajstić information content (AvgIpc) is 3.06. The largest absolute Gasteiger partial charge is 0.371 e. The first kappa shape index (κ1) is 11.8. The van der Waals surface area contributed by atoms with Crippen LogP contribution in [0.4, 0.5) is 5.69 Å². The Morgan fingerprint density at radius 2 is 2.12 bits per heavy atom. The molecule has 1 fully saturated rings. The Labute approximate surface area is 104 Å². The minimum Gasteiger partial charge on any atom is -0.371 e. The predicted molar refractivity (Wildman–Crippen MR) is 74.6 cm³/mol. The molecule has 1 saturated carbocycles. The second-order valence-electron chi connectivity index (χ2n) is 5.01. The van der Waals surface area contributed by atoms with E-state index in [1.807, 2.05) is 0 Å². The molecule has 1 aromatic carbocycles. The molecular weight excluding hydrogens is 214 g/mol. The highest BCUT2D eigenvalue weighted by molar-refractivity contribution is 7.80. The molecule has 0 aliphatic heterocycles. The lowest BCUT2D eigenvalue weighted by atomic mass is 10.1. The summed E-state index contributed by atoms with van der Waals surface area (Å²) in [4.78, 5) is 2.48. The summed E-state index contributed by atoms with van der Waals surface area (Å²) in [7, 11) is 0. The normalized spacial score (nSPS) is 17.2. The fourth-order valence-electron chi connectivity index (χ4n) is 2.16. The first-order chi connectivity index (χ1) is 7.69. The van der Waals surface area contributed by atoms with Crippen LogP contribution in [0.15, 0.2) is 24.3 Å². The summed E-state index contributed by atoms with van der Waals surface area (Å²) in [5, 5.41) is 0. The molecule has 0 amide bonds. The number of aryl methyl sites for hydroxylation is 1. The van der Waals surface area contributed by atoms with Gasteiger partial charge < -0.3 is 4.90 Å². The van der Waals surface area contributed by atoms with Crippen LogP contribution in [0.1, 0.15) is 25.3 Å². The zero-order valence-electron chi connectivity index (χ0n) is 10.2. The van der Waals surface area contributed by atoms with Gasteiger partial charge in [-0.25, -0.2) is 0 Å². The van der Waals surface area contributed by atoms with E-state index in [0.717, 1.165) is 18.8 Å². The van der Waals surface area contributed by atoms with Gasteiger partial charge in [0.15, 0.2) is 0 Å². The minimum absolute atomic E-state index is 0.503. The molecule has 1 aliphatic rings. The van der Waals surface area contributed by atoms with Gasteiger partial charge >= 0.3 is 0 Å². The Balaban J connectivity index is 2.10. The maximum atomic E-state index is 4.48. The van der Waals surface area contributed by atoms with Crippen LogP contribution >= 0.6 is 12.6 Å². The van der Waals surface area contributed by atoms with Gasteiger partial charge in [-0.05, 0) is 55.6 Å². The number of nitrogens with zero attached hydrogens (tertiary/aromatic N) is 1. The fraction of sp³-hybridized carbons (Fsp3) is 0.571. The van der Waals surface area contributed by atoms with Gasteiger partial charge in [-0.3, -0.25) is 0 Å². The molecule has 88 valence electrons. The highest BCUT2D eigenvalue weighted by Gasteiger charge is 2.42. The first-order valence-electron chi connectivity index (χ1n) is 6.11. The van der Waals surface area contributed by atoms with Crippen LogP contribution < -0.4 is 4.90 Å². The van der Waals surface area contributed by atoms with Gasteiger partial charge in [0.2, 0.25) is 0 Å². The maximum absolute atomic E-state index is 4.48. The van der Waals surface area contributed by atoms with Gasteiger partial charge in [0.25, 0.3) is 0 Å². The van der Waals surface area contributed by atoms with Crippen LogP contribution in [-0.4, -0.2) is 18.8 Å². The van der Waals surface area contributed by atoms with E-state index >= 15 is 0 Å². The third-order valence-corrected chi connectivity index (χ3v) is 4.24. The minimum atomic E-state index is 0.503. The van der Waals surface area contributed by atoms with Crippen LogP contribution in [0, 0.1) is 12.3 Å². The Kier molecular flexibility index (Phi) is 3.48. The topological polar surface area (TPSA) is 3.24 Å². The highest BCUT2D eigenvalue weighted by atomic mass is 32.1. The summed E-state index contributed by atoms with van der Waals surface area (Å²) in [6.45, 7) is 6.63. The number of thiol groups is 1. The standard InChI is InChI=1S/C14H21NS/c1-3-15(10-14(11-16)7-8-14)13-6-4-5-12(2)9-13/h4-6,9,16H,3,7-8,10-11H2,1-2H3. The summed E-state index contributed by atoms with van der Waals surface area (Å²) in [6.07, 6.45) is 2.69. The van der Waals surface area contributed by atoms with Gasteiger partial charge in [0, 0.05) is 18.8 Å². The lowest BCUT2D eigenvalue weighted by Crippen LogP contribution is -2.31. The molecule has 0 atom stereocenters. The zero-order valence-corrected chi connectivity index (χ0v) is 11.1. The SMILES string of the molecule is CCN(CC1(CS)CC1)c1cccc(C)c1. The van der Waals surface area contributed by atoms with Crippen molar-refractivity contribution in [2.75, 3.05) is 23.7 Å². The number of benzene rings is 1. The molecular formula is C14H21NS. The summed E-state index contributed by atoms with van der Waals surface area (Å²) in [6, 6.07) is 8.79. The van der Waals surface area contributed by atoms with Crippen molar-refractivity contribution in [2.45, 2.75) is 26.7 Å². The van der Waals surface area contributed by atoms with Crippen molar-refractivity contribution in [2.24, 2.45) is 5.41 Å². The molecule has 2 heteroatoms. The van der Waals surface area contributed by atoms with Crippen LogP contribution in [0.25, 0.3) is 0 Å². The summed E-state index contributed by atoms with van der Waals surface area (Å²) < 4.78 is 0. The maximum Gasteiger partial charge on any atom is 0.0368 e. The molecule has 0 heterocycles. The molecule has 0 unspecified atom stereocenters. The van der Waals surface area contributed by atoms with E-state index in [0.29, 0.717) is 5.41 Å². The molecule has 0 saturated heterocycles. The van der Waals surface area contributed by atoms with Crippen molar-refractivity contribution in [3.05, 3.63) is 29.8 Å². The quantitative estimate of drug-likeness (QED) is 0.764. The number of rotatable bonds is 5. The Morgan fingerprint density at radius 1 is 1.38 bits per heavy atom. The van der Waals surface area contributed by atoms with Crippen LogP contribution in [-0.2, 0) is 0 Å². The molecule has 1 aromatic rings. The Bertz CT molecular complexity index is 358. The van der Waals surface area contributed by atoms with E-state index < -0.39 is 0 Å². The molecule has 1 nitrogen and oxygen atoms in total. The molecule has 1 aliphatic carbocycles. The van der Waals surface area contributed by atoms with Gasteiger partial charge in [-0.2, -0.15) is 12.6 Å². The summed E-state index contributed by atoms with van der Waals surface area (Å²) in [5.41, 5.74) is 3.20. The summed E-state index contributed by atoms with van der Waals surface area (Å²) >= 11 is 4.48. The van der Waals surface area contributed by atoms with Gasteiger partial charge in [0.05, 0.1) is 0 Å². The van der Waals surface area contributed by atoms with Crippen molar-refractivity contribution < 1.29 is 0 Å². The van der Waals surface area contributed by atoms with E-state index in [4.69, 9.17) is 0 Å². The van der Waals surface area contributed by atoms with Crippen molar-refractivity contribution in [1.82, 2.24) is 0 Å². The van der Waals surface area contributed by atoms with E-state index in [1.165, 1.54) is 24.1 Å². The monoisotopic (exact) mass is 235 g/mol. The molecule has 16 heavy (non-hydrogen) atoms. The van der Waals surface area contributed by atoms with Crippen molar-refractivity contribution in [1.29, 1.82) is 0 Å². The van der Waals surface area contributed by atoms with Gasteiger partial charge in [-0.1, -0.05) is 12.1 Å². The second kappa shape index (κ2) is 4.70. The Morgan fingerprint density at radius 3 is 2.62 bits per heavy atom. The van der Waals surface area contributed by atoms with Gasteiger partial charge in [0.1, 0.15) is 0 Å². The van der Waals surface area contributed by atoms with E-state index in [2.05, 4.69) is 55.6 Å². The lowest BCUT2D eigenvalue weighted by molar-refractivity contribution is 0.566. The molecule has 0 bridgehead atoms. The van der Waals surface area contributed by atoms with Crippen LogP contribution in [0.3, 0.4) is 0 Å². The third kappa shape index (κ3) is 2.54. The zero-order chi connectivity index (χ0) is 11.6. The fourth-order valence-corrected chi connectivity index (χ4v) is 2.57. The average molecular weight is 235 g/mol. The molecule has 0 radical (unpaired) electrons. The number of anilines is 1. The van der Waals surface area contributed by atoms with Crippen molar-refractivity contribution in [3.8, 4) is 0 Å².